The number of methoxy groups -OCH3 is 1. The molecule has 2 rings (SSSR count). The lowest BCUT2D eigenvalue weighted by Crippen LogP contribution is -2.08. The first-order chi connectivity index (χ1) is 7.76. The highest BCUT2D eigenvalue weighted by Gasteiger charge is 2.09. The molecule has 0 amide bonds. The molecule has 0 saturated carbocycles. The van der Waals surface area contributed by atoms with Gasteiger partial charge in [-0.15, -0.1) is 0 Å². The largest absolute Gasteiger partial charge is 0.388 e. The maximum Gasteiger partial charge on any atom is 0.135 e. The van der Waals surface area contributed by atoms with Crippen LogP contribution in [0.15, 0.2) is 18.2 Å². The summed E-state index contributed by atoms with van der Waals surface area (Å²) < 4.78 is 6.97. The molecule has 0 atom stereocenters. The van der Waals surface area contributed by atoms with Crippen molar-refractivity contribution in [1.82, 2.24) is 9.55 Å². The molecule has 0 aliphatic carbocycles. The zero-order valence-corrected chi connectivity index (χ0v) is 9.74. The monoisotopic (exact) mass is 240 g/mol. The summed E-state index contributed by atoms with van der Waals surface area (Å²) in [5.41, 5.74) is 1.76. The van der Waals surface area contributed by atoms with Gasteiger partial charge in [-0.25, -0.2) is 4.98 Å². The fourth-order valence-electron chi connectivity index (χ4n) is 1.71. The minimum absolute atomic E-state index is 0.0873. The van der Waals surface area contributed by atoms with Crippen molar-refractivity contribution in [3.63, 3.8) is 0 Å². The Kier molecular flexibility index (Phi) is 3.43. The van der Waals surface area contributed by atoms with Gasteiger partial charge < -0.3 is 14.4 Å². The zero-order valence-electron chi connectivity index (χ0n) is 8.98. The highest BCUT2D eigenvalue weighted by atomic mass is 35.5. The van der Waals surface area contributed by atoms with Gasteiger partial charge in [-0.3, -0.25) is 0 Å². The Morgan fingerprint density at radius 1 is 1.50 bits per heavy atom. The number of nitrogens with zero attached hydrogens (tertiary/aromatic N) is 2. The van der Waals surface area contributed by atoms with Crippen molar-refractivity contribution in [3.8, 4) is 0 Å². The van der Waals surface area contributed by atoms with E-state index in [0.29, 0.717) is 24.0 Å². The molecule has 1 aromatic heterocycles. The lowest BCUT2D eigenvalue weighted by molar-refractivity contribution is 0.184. The maximum absolute atomic E-state index is 9.23. The molecule has 16 heavy (non-hydrogen) atoms. The van der Waals surface area contributed by atoms with Crippen molar-refractivity contribution >= 4 is 22.6 Å². The molecular weight excluding hydrogens is 228 g/mol. The highest BCUT2D eigenvalue weighted by molar-refractivity contribution is 6.31. The van der Waals surface area contributed by atoms with E-state index >= 15 is 0 Å². The third-order valence-electron chi connectivity index (χ3n) is 2.45. The Labute approximate surface area is 98.4 Å². The lowest BCUT2D eigenvalue weighted by atomic mass is 10.3. The summed E-state index contributed by atoms with van der Waals surface area (Å²) in [6.07, 6.45) is 0. The van der Waals surface area contributed by atoms with E-state index in [1.165, 1.54) is 0 Å². The number of rotatable bonds is 4. The van der Waals surface area contributed by atoms with Gasteiger partial charge in [-0.05, 0) is 18.2 Å². The molecule has 2 aromatic rings. The Balaban J connectivity index is 2.50. The first kappa shape index (κ1) is 11.4. The van der Waals surface area contributed by atoms with Crippen LogP contribution >= 0.6 is 11.6 Å². The molecular formula is C11H13ClN2O2. The number of aliphatic hydroxyl groups excluding tert-OH is 1. The molecule has 1 aromatic carbocycles. The third-order valence-corrected chi connectivity index (χ3v) is 2.68. The van der Waals surface area contributed by atoms with Crippen LogP contribution in [0.25, 0.3) is 11.0 Å². The first-order valence-corrected chi connectivity index (χ1v) is 5.38. The second-order valence-electron chi connectivity index (χ2n) is 3.46. The van der Waals surface area contributed by atoms with Crippen molar-refractivity contribution in [2.75, 3.05) is 13.7 Å². The van der Waals surface area contributed by atoms with Crippen LogP contribution in [0.2, 0.25) is 5.02 Å². The molecule has 0 saturated heterocycles. The topological polar surface area (TPSA) is 47.3 Å². The summed E-state index contributed by atoms with van der Waals surface area (Å²) >= 11 is 5.89. The minimum Gasteiger partial charge on any atom is -0.388 e. The van der Waals surface area contributed by atoms with Crippen molar-refractivity contribution in [2.45, 2.75) is 13.2 Å². The fourth-order valence-corrected chi connectivity index (χ4v) is 1.87. The van der Waals surface area contributed by atoms with E-state index in [9.17, 15) is 5.11 Å². The van der Waals surface area contributed by atoms with Gasteiger partial charge >= 0.3 is 0 Å². The number of aliphatic hydroxyl groups is 1. The van der Waals surface area contributed by atoms with Gasteiger partial charge in [-0.1, -0.05) is 11.6 Å². The van der Waals surface area contributed by atoms with Gasteiger partial charge in [0.15, 0.2) is 0 Å². The highest BCUT2D eigenvalue weighted by Crippen LogP contribution is 2.20. The summed E-state index contributed by atoms with van der Waals surface area (Å²) in [5.74, 6) is 0.634. The van der Waals surface area contributed by atoms with E-state index in [2.05, 4.69) is 4.98 Å². The van der Waals surface area contributed by atoms with Crippen LogP contribution in [0.1, 0.15) is 5.82 Å². The number of imidazole rings is 1. The second kappa shape index (κ2) is 4.82. The predicted molar refractivity (Wildman–Crippen MR) is 62.5 cm³/mol. The van der Waals surface area contributed by atoms with Crippen LogP contribution in [0.4, 0.5) is 0 Å². The average Bonchev–Trinajstić information content (AvgIpc) is 2.63. The summed E-state index contributed by atoms with van der Waals surface area (Å²) in [6, 6.07) is 5.51. The Morgan fingerprint density at radius 2 is 2.31 bits per heavy atom. The molecule has 0 unspecified atom stereocenters. The number of benzene rings is 1. The number of halogens is 1. The van der Waals surface area contributed by atoms with Gasteiger partial charge in [0, 0.05) is 18.7 Å². The Hall–Kier alpha value is -1.10. The Morgan fingerprint density at radius 3 is 3.00 bits per heavy atom. The summed E-state index contributed by atoms with van der Waals surface area (Å²) in [5, 5.41) is 9.88. The van der Waals surface area contributed by atoms with E-state index in [4.69, 9.17) is 16.3 Å². The van der Waals surface area contributed by atoms with E-state index in [0.717, 1.165) is 11.0 Å². The van der Waals surface area contributed by atoms with Crippen LogP contribution in [-0.2, 0) is 17.9 Å². The molecule has 0 aliphatic heterocycles. The normalized spacial score (nSPS) is 11.2. The van der Waals surface area contributed by atoms with Crippen molar-refractivity contribution in [2.24, 2.45) is 0 Å². The van der Waals surface area contributed by atoms with Crippen LogP contribution in [0.3, 0.4) is 0 Å². The molecule has 0 bridgehead atoms. The summed E-state index contributed by atoms with van der Waals surface area (Å²) in [7, 11) is 1.65. The average molecular weight is 241 g/mol. The first-order valence-electron chi connectivity index (χ1n) is 5.00. The third kappa shape index (κ3) is 2.04. The van der Waals surface area contributed by atoms with E-state index in [1.807, 2.05) is 16.7 Å². The van der Waals surface area contributed by atoms with Gasteiger partial charge in [0.25, 0.3) is 0 Å². The molecule has 0 fully saturated rings. The second-order valence-corrected chi connectivity index (χ2v) is 3.90. The van der Waals surface area contributed by atoms with Gasteiger partial charge in [0.1, 0.15) is 12.4 Å². The molecule has 1 heterocycles. The summed E-state index contributed by atoms with van der Waals surface area (Å²) in [6.45, 7) is 1.17. The SMILES string of the molecule is COCCn1c(CO)nc2cc(Cl)ccc21. The smallest absolute Gasteiger partial charge is 0.135 e. The molecule has 4 nitrogen and oxygen atoms in total. The van der Waals surface area contributed by atoms with Crippen LogP contribution in [0, 0.1) is 0 Å². The predicted octanol–water partition coefficient (Wildman–Crippen LogP) is 1.83. The molecule has 5 heteroatoms. The Bertz CT molecular complexity index is 496. The standard InChI is InChI=1S/C11H13ClN2O2/c1-16-5-4-14-10-3-2-8(12)6-9(10)13-11(14)7-15/h2-3,6,15H,4-5,7H2,1H3. The maximum atomic E-state index is 9.23. The number of hydrogen-bond donors (Lipinski definition) is 1. The van der Waals surface area contributed by atoms with Crippen molar-refractivity contribution in [3.05, 3.63) is 29.0 Å². The molecule has 86 valence electrons. The fraction of sp³-hybridized carbons (Fsp3) is 0.364. The number of ether oxygens (including phenoxy) is 1. The molecule has 0 radical (unpaired) electrons. The minimum atomic E-state index is -0.0873. The van der Waals surface area contributed by atoms with Crippen molar-refractivity contribution < 1.29 is 9.84 Å². The summed E-state index contributed by atoms with van der Waals surface area (Å²) in [4.78, 5) is 4.32. The van der Waals surface area contributed by atoms with Gasteiger partial charge in [0.2, 0.25) is 0 Å². The van der Waals surface area contributed by atoms with Crippen molar-refractivity contribution in [1.29, 1.82) is 0 Å². The van der Waals surface area contributed by atoms with Crippen LogP contribution in [0.5, 0.6) is 0 Å². The molecule has 1 N–H and O–H groups in total. The lowest BCUT2D eigenvalue weighted by Gasteiger charge is -2.06. The quantitative estimate of drug-likeness (QED) is 0.887. The number of aromatic nitrogens is 2. The van der Waals surface area contributed by atoms with E-state index in [-0.39, 0.29) is 6.61 Å². The molecule has 0 spiro atoms. The number of fused-ring (bicyclic) bond motifs is 1. The van der Waals surface area contributed by atoms with Crippen LogP contribution < -0.4 is 0 Å². The van der Waals surface area contributed by atoms with E-state index < -0.39 is 0 Å². The van der Waals surface area contributed by atoms with Gasteiger partial charge in [0.05, 0.1) is 17.6 Å². The molecule has 0 aliphatic rings. The zero-order chi connectivity index (χ0) is 11.5. The van der Waals surface area contributed by atoms with Crippen LogP contribution in [-0.4, -0.2) is 28.4 Å². The van der Waals surface area contributed by atoms with Gasteiger partial charge in [-0.2, -0.15) is 0 Å². The van der Waals surface area contributed by atoms with E-state index in [1.54, 1.807) is 13.2 Å². The number of hydrogen-bond acceptors (Lipinski definition) is 3.